The third-order valence-electron chi connectivity index (χ3n) is 2.01. The second-order valence-corrected chi connectivity index (χ2v) is 4.98. The molecule has 1 atom stereocenters. The maximum atomic E-state index is 8.54. The van der Waals surface area contributed by atoms with Crippen LogP contribution in [-0.2, 0) is 0 Å². The van der Waals surface area contributed by atoms with Crippen LogP contribution in [0.25, 0.3) is 0 Å². The van der Waals surface area contributed by atoms with Crippen molar-refractivity contribution < 1.29 is 5.11 Å². The lowest BCUT2D eigenvalue weighted by Gasteiger charge is -2.02. The fraction of sp³-hybridized carbons (Fsp3) is 1.00. The van der Waals surface area contributed by atoms with Crippen LogP contribution in [0.1, 0.15) is 51.9 Å². The molecule has 1 unspecified atom stereocenters. The zero-order chi connectivity index (χ0) is 9.23. The number of aliphatic hydroxyl groups excluding tert-OH is 1. The molecular weight excluding hydrogens is 216 g/mol. The molecule has 1 N–H and O–H groups in total. The van der Waals surface area contributed by atoms with Crippen LogP contribution >= 0.6 is 15.9 Å². The SMILES string of the molecule is CC(Br)CCCCCCCCO. The van der Waals surface area contributed by atoms with Gasteiger partial charge in [0.15, 0.2) is 0 Å². The van der Waals surface area contributed by atoms with E-state index in [9.17, 15) is 0 Å². The topological polar surface area (TPSA) is 20.2 Å². The van der Waals surface area contributed by atoms with Gasteiger partial charge in [-0.3, -0.25) is 0 Å². The quantitative estimate of drug-likeness (QED) is 0.506. The summed E-state index contributed by atoms with van der Waals surface area (Å²) in [5.41, 5.74) is 0. The first-order valence-electron chi connectivity index (χ1n) is 5.02. The van der Waals surface area contributed by atoms with Crippen molar-refractivity contribution in [2.45, 2.75) is 56.7 Å². The van der Waals surface area contributed by atoms with Crippen molar-refractivity contribution in [3.8, 4) is 0 Å². The maximum Gasteiger partial charge on any atom is 0.0431 e. The predicted octanol–water partition coefficient (Wildman–Crippen LogP) is 3.49. The smallest absolute Gasteiger partial charge is 0.0431 e. The van der Waals surface area contributed by atoms with Gasteiger partial charge < -0.3 is 5.11 Å². The van der Waals surface area contributed by atoms with Crippen molar-refractivity contribution >= 4 is 15.9 Å². The minimum atomic E-state index is 0.360. The minimum absolute atomic E-state index is 0.360. The molecule has 0 aromatic rings. The van der Waals surface area contributed by atoms with E-state index in [1.165, 1.54) is 38.5 Å². The first kappa shape index (κ1) is 12.4. The number of hydrogen-bond donors (Lipinski definition) is 1. The maximum absolute atomic E-state index is 8.54. The third kappa shape index (κ3) is 10.4. The zero-order valence-corrected chi connectivity index (χ0v) is 9.65. The number of rotatable bonds is 8. The summed E-state index contributed by atoms with van der Waals surface area (Å²) in [6, 6.07) is 0. The first-order chi connectivity index (χ1) is 5.77. The van der Waals surface area contributed by atoms with Crippen molar-refractivity contribution in [3.05, 3.63) is 0 Å². The van der Waals surface area contributed by atoms with Gasteiger partial charge >= 0.3 is 0 Å². The molecule has 0 aliphatic rings. The number of aliphatic hydroxyl groups is 1. The summed E-state index contributed by atoms with van der Waals surface area (Å²) in [4.78, 5) is 0.676. The van der Waals surface area contributed by atoms with Crippen LogP contribution in [0.5, 0.6) is 0 Å². The van der Waals surface area contributed by atoms with Gasteiger partial charge in [-0.25, -0.2) is 0 Å². The lowest BCUT2D eigenvalue weighted by molar-refractivity contribution is 0.282. The molecule has 0 fully saturated rings. The Hall–Kier alpha value is 0.440. The largest absolute Gasteiger partial charge is 0.396 e. The predicted molar refractivity (Wildman–Crippen MR) is 57.8 cm³/mol. The van der Waals surface area contributed by atoms with E-state index >= 15 is 0 Å². The molecule has 1 nitrogen and oxygen atoms in total. The standard InChI is InChI=1S/C10H21BrO/c1-10(11)8-6-4-2-3-5-7-9-12/h10,12H,2-9H2,1H3. The molecule has 0 aromatic heterocycles. The highest BCUT2D eigenvalue weighted by Crippen LogP contribution is 2.12. The highest BCUT2D eigenvalue weighted by atomic mass is 79.9. The monoisotopic (exact) mass is 236 g/mol. The van der Waals surface area contributed by atoms with E-state index in [-0.39, 0.29) is 0 Å². The molecule has 0 heterocycles. The fourth-order valence-corrected chi connectivity index (χ4v) is 1.57. The van der Waals surface area contributed by atoms with Gasteiger partial charge in [-0.1, -0.05) is 55.0 Å². The van der Waals surface area contributed by atoms with Gasteiger partial charge in [0.1, 0.15) is 0 Å². The molecular formula is C10H21BrO. The molecule has 0 spiro atoms. The fourth-order valence-electron chi connectivity index (χ4n) is 1.24. The molecule has 0 aliphatic heterocycles. The van der Waals surface area contributed by atoms with Crippen molar-refractivity contribution in [3.63, 3.8) is 0 Å². The zero-order valence-electron chi connectivity index (χ0n) is 8.06. The lowest BCUT2D eigenvalue weighted by Crippen LogP contribution is -1.89. The molecule has 0 aliphatic carbocycles. The summed E-state index contributed by atoms with van der Waals surface area (Å²) in [5.74, 6) is 0. The van der Waals surface area contributed by atoms with Gasteiger partial charge in [-0.15, -0.1) is 0 Å². The molecule has 0 bridgehead atoms. The second kappa shape index (κ2) is 9.53. The Bertz CT molecular complexity index is 83.9. The second-order valence-electron chi connectivity index (χ2n) is 3.41. The highest BCUT2D eigenvalue weighted by molar-refractivity contribution is 9.09. The highest BCUT2D eigenvalue weighted by Gasteiger charge is 1.95. The number of hydrogen-bond acceptors (Lipinski definition) is 1. The van der Waals surface area contributed by atoms with E-state index in [0.29, 0.717) is 11.4 Å². The molecule has 12 heavy (non-hydrogen) atoms. The van der Waals surface area contributed by atoms with Gasteiger partial charge in [0.05, 0.1) is 0 Å². The van der Waals surface area contributed by atoms with E-state index in [0.717, 1.165) is 6.42 Å². The van der Waals surface area contributed by atoms with Crippen LogP contribution in [0.15, 0.2) is 0 Å². The van der Waals surface area contributed by atoms with Crippen LogP contribution < -0.4 is 0 Å². The van der Waals surface area contributed by atoms with Crippen LogP contribution in [-0.4, -0.2) is 16.5 Å². The average Bonchev–Trinajstić information content (AvgIpc) is 2.02. The van der Waals surface area contributed by atoms with Crippen LogP contribution in [0.4, 0.5) is 0 Å². The Labute approximate surface area is 84.7 Å². The summed E-state index contributed by atoms with van der Waals surface area (Å²) in [6.07, 6.45) is 8.78. The van der Waals surface area contributed by atoms with E-state index in [1.807, 2.05) is 0 Å². The van der Waals surface area contributed by atoms with Gasteiger partial charge in [0.2, 0.25) is 0 Å². The summed E-state index contributed by atoms with van der Waals surface area (Å²) in [5, 5.41) is 8.54. The van der Waals surface area contributed by atoms with E-state index in [2.05, 4.69) is 22.9 Å². The number of unbranched alkanes of at least 4 members (excludes halogenated alkanes) is 5. The Morgan fingerprint density at radius 1 is 1.00 bits per heavy atom. The molecule has 0 radical (unpaired) electrons. The van der Waals surface area contributed by atoms with Gasteiger partial charge in [0.25, 0.3) is 0 Å². The normalized spacial score (nSPS) is 13.2. The van der Waals surface area contributed by atoms with Crippen molar-refractivity contribution in [1.29, 1.82) is 0 Å². The Kier molecular flexibility index (Phi) is 9.88. The molecule has 0 saturated carbocycles. The van der Waals surface area contributed by atoms with Crippen molar-refractivity contribution in [1.82, 2.24) is 0 Å². The van der Waals surface area contributed by atoms with Crippen LogP contribution in [0.3, 0.4) is 0 Å². The van der Waals surface area contributed by atoms with Crippen molar-refractivity contribution in [2.24, 2.45) is 0 Å². The average molecular weight is 237 g/mol. The van der Waals surface area contributed by atoms with Crippen molar-refractivity contribution in [2.75, 3.05) is 6.61 Å². The molecule has 74 valence electrons. The third-order valence-corrected chi connectivity index (χ3v) is 2.47. The van der Waals surface area contributed by atoms with E-state index in [4.69, 9.17) is 5.11 Å². The molecule has 0 amide bonds. The summed E-state index contributed by atoms with van der Waals surface area (Å²) < 4.78 is 0. The molecule has 0 saturated heterocycles. The Balaban J connectivity index is 2.82. The minimum Gasteiger partial charge on any atom is -0.396 e. The first-order valence-corrected chi connectivity index (χ1v) is 5.94. The van der Waals surface area contributed by atoms with Gasteiger partial charge in [0, 0.05) is 11.4 Å². The number of alkyl halides is 1. The van der Waals surface area contributed by atoms with Gasteiger partial charge in [-0.2, -0.15) is 0 Å². The van der Waals surface area contributed by atoms with Crippen LogP contribution in [0, 0.1) is 0 Å². The molecule has 0 rings (SSSR count). The summed E-state index contributed by atoms with van der Waals surface area (Å²) in [6.45, 7) is 2.56. The summed E-state index contributed by atoms with van der Waals surface area (Å²) >= 11 is 3.54. The molecule has 0 aromatic carbocycles. The Morgan fingerprint density at radius 3 is 2.00 bits per heavy atom. The summed E-state index contributed by atoms with van der Waals surface area (Å²) in [7, 11) is 0. The molecule has 2 heteroatoms. The van der Waals surface area contributed by atoms with Gasteiger partial charge in [-0.05, 0) is 12.8 Å². The van der Waals surface area contributed by atoms with E-state index in [1.54, 1.807) is 0 Å². The van der Waals surface area contributed by atoms with Crippen LogP contribution in [0.2, 0.25) is 0 Å². The van der Waals surface area contributed by atoms with E-state index < -0.39 is 0 Å². The number of halogens is 1. The Morgan fingerprint density at radius 2 is 1.50 bits per heavy atom. The lowest BCUT2D eigenvalue weighted by atomic mass is 10.1.